The molecule has 1 aromatic rings. The van der Waals surface area contributed by atoms with Crippen LogP contribution in [0.1, 0.15) is 43.1 Å². The van der Waals surface area contributed by atoms with E-state index in [0.717, 1.165) is 19.3 Å². The molecule has 0 spiro atoms. The number of nitrogens with two attached hydrogens (primary N) is 4. The lowest BCUT2D eigenvalue weighted by atomic mass is 9.85. The largest absolute Gasteiger partial charge is 0.484 e. The first kappa shape index (κ1) is 26.0. The molecule has 0 aromatic carbocycles. The van der Waals surface area contributed by atoms with E-state index < -0.39 is 17.4 Å². The molecule has 170 valence electrons. The first-order valence-electron chi connectivity index (χ1n) is 9.21. The maximum atomic E-state index is 12.4. The van der Waals surface area contributed by atoms with Crippen LogP contribution in [0.5, 0.6) is 0 Å². The molecule has 0 radical (unpaired) electrons. The Morgan fingerprint density at radius 1 is 1.29 bits per heavy atom. The van der Waals surface area contributed by atoms with Crippen LogP contribution < -0.4 is 28.3 Å². The molecular weight excluding hydrogens is 447 g/mol. The first-order valence-corrected chi connectivity index (χ1v) is 9.59. The van der Waals surface area contributed by atoms with Crippen LogP contribution >= 0.6 is 24.0 Å². The lowest BCUT2D eigenvalue weighted by molar-refractivity contribution is -0.121. The van der Waals surface area contributed by atoms with Gasteiger partial charge in [-0.2, -0.15) is 4.99 Å². The summed E-state index contributed by atoms with van der Waals surface area (Å²) < 4.78 is 5.31. The van der Waals surface area contributed by atoms with Gasteiger partial charge in [0.1, 0.15) is 5.76 Å². The topological polar surface area (TPSA) is 198 Å². The fourth-order valence-electron chi connectivity index (χ4n) is 2.80. The number of ether oxygens (including phenoxy) is 1. The molecular formula is C18H26Cl2N8O3. The molecule has 11 nitrogen and oxygen atoms in total. The number of aliphatic imine (C=N–C) groups is 1. The number of halogens is 2. The number of nitrogens with zero attached hydrogens (tertiary/aromatic N) is 3. The van der Waals surface area contributed by atoms with E-state index in [-0.39, 0.29) is 47.5 Å². The van der Waals surface area contributed by atoms with E-state index in [1.165, 1.54) is 0 Å². The molecule has 1 aromatic heterocycles. The minimum atomic E-state index is -0.807. The van der Waals surface area contributed by atoms with Gasteiger partial charge >= 0.3 is 5.91 Å². The van der Waals surface area contributed by atoms with Gasteiger partial charge in [-0.1, -0.05) is 37.4 Å². The molecule has 0 saturated heterocycles. The van der Waals surface area contributed by atoms with Crippen molar-refractivity contribution in [1.29, 1.82) is 0 Å². The summed E-state index contributed by atoms with van der Waals surface area (Å²) in [4.78, 5) is 34.7. The molecule has 13 heteroatoms. The van der Waals surface area contributed by atoms with Crippen LogP contribution in [-0.4, -0.2) is 39.9 Å². The van der Waals surface area contributed by atoms with Crippen molar-refractivity contribution in [3.8, 4) is 0 Å². The summed E-state index contributed by atoms with van der Waals surface area (Å²) in [5.41, 5.74) is 21.4. The van der Waals surface area contributed by atoms with Gasteiger partial charge in [-0.05, 0) is 25.0 Å². The van der Waals surface area contributed by atoms with Crippen molar-refractivity contribution in [1.82, 2.24) is 15.3 Å². The minimum absolute atomic E-state index is 0. The highest BCUT2D eigenvalue weighted by Crippen LogP contribution is 2.27. The third-order valence-electron chi connectivity index (χ3n) is 4.30. The van der Waals surface area contributed by atoms with E-state index in [1.807, 2.05) is 12.2 Å². The molecule has 9 N–H and O–H groups in total. The number of carbonyl (C=O) groups is 2. The molecule has 31 heavy (non-hydrogen) atoms. The van der Waals surface area contributed by atoms with E-state index >= 15 is 0 Å². The van der Waals surface area contributed by atoms with Gasteiger partial charge in [0.05, 0.1) is 5.54 Å². The molecule has 0 saturated carbocycles. The summed E-state index contributed by atoms with van der Waals surface area (Å²) in [7, 11) is 0. The molecule has 0 aliphatic heterocycles. The Morgan fingerprint density at radius 2 is 2.00 bits per heavy atom. The zero-order valence-electron chi connectivity index (χ0n) is 16.9. The Kier molecular flexibility index (Phi) is 9.53. The van der Waals surface area contributed by atoms with E-state index in [0.29, 0.717) is 12.2 Å². The van der Waals surface area contributed by atoms with Crippen LogP contribution in [0.15, 0.2) is 29.0 Å². The van der Waals surface area contributed by atoms with Gasteiger partial charge < -0.3 is 33.0 Å². The minimum Gasteiger partial charge on any atom is -0.484 e. The van der Waals surface area contributed by atoms with Gasteiger partial charge in [0.25, 0.3) is 5.91 Å². The molecule has 1 unspecified atom stereocenters. The summed E-state index contributed by atoms with van der Waals surface area (Å²) in [5, 5.41) is 2.93. The number of rotatable bonds is 8. The number of nitrogens with one attached hydrogen (secondary N) is 1. The quantitative estimate of drug-likeness (QED) is 0.270. The number of allylic oxidation sites excluding steroid dienone is 1. The van der Waals surface area contributed by atoms with Crippen molar-refractivity contribution in [3.63, 3.8) is 0 Å². The van der Waals surface area contributed by atoms with Crippen molar-refractivity contribution in [3.05, 3.63) is 34.8 Å². The number of primary amides is 1. The van der Waals surface area contributed by atoms with Crippen LogP contribution in [-0.2, 0) is 9.53 Å². The highest BCUT2D eigenvalue weighted by molar-refractivity contribution is 6.31. The molecule has 1 heterocycles. The summed E-state index contributed by atoms with van der Waals surface area (Å²) in [6.07, 6.45) is 8.46. The van der Waals surface area contributed by atoms with E-state index in [1.54, 1.807) is 6.08 Å². The second-order valence-corrected chi connectivity index (χ2v) is 7.08. The molecule has 0 fully saturated rings. The van der Waals surface area contributed by atoms with Gasteiger partial charge in [0, 0.05) is 0 Å². The van der Waals surface area contributed by atoms with Crippen molar-refractivity contribution >= 4 is 53.4 Å². The van der Waals surface area contributed by atoms with Crippen LogP contribution in [0.25, 0.3) is 0 Å². The highest BCUT2D eigenvalue weighted by Gasteiger charge is 2.29. The highest BCUT2D eigenvalue weighted by atomic mass is 35.5. The third-order valence-corrected chi connectivity index (χ3v) is 4.58. The average Bonchev–Trinajstić information content (AvgIpc) is 2.68. The van der Waals surface area contributed by atoms with Crippen molar-refractivity contribution in [2.24, 2.45) is 16.5 Å². The van der Waals surface area contributed by atoms with Crippen molar-refractivity contribution in [2.45, 2.75) is 38.1 Å². The van der Waals surface area contributed by atoms with Gasteiger partial charge in [-0.3, -0.25) is 9.59 Å². The summed E-state index contributed by atoms with van der Waals surface area (Å²) in [5.74, 6) is -1.26. The fourth-order valence-corrected chi connectivity index (χ4v) is 2.93. The second-order valence-electron chi connectivity index (χ2n) is 6.72. The van der Waals surface area contributed by atoms with Crippen molar-refractivity contribution < 1.29 is 14.3 Å². The van der Waals surface area contributed by atoms with E-state index in [2.05, 4.69) is 27.2 Å². The third kappa shape index (κ3) is 7.30. The fraction of sp³-hybridized carbons (Fsp3) is 0.389. The normalized spacial score (nSPS) is 18.0. The number of unbranched alkanes of at least 4 members (excludes halogenated alkanes) is 1. The average molecular weight is 473 g/mol. The van der Waals surface area contributed by atoms with Gasteiger partial charge in [0.15, 0.2) is 35.0 Å². The molecule has 1 atom stereocenters. The molecule has 1 aliphatic rings. The Bertz CT molecular complexity index is 919. The maximum Gasteiger partial charge on any atom is 0.302 e. The predicted octanol–water partition coefficient (Wildman–Crippen LogP) is 1.04. The van der Waals surface area contributed by atoms with Gasteiger partial charge in [0.2, 0.25) is 0 Å². The monoisotopic (exact) mass is 472 g/mol. The summed E-state index contributed by atoms with van der Waals surface area (Å²) in [6.45, 7) is 1.85. The molecule has 0 bridgehead atoms. The molecule has 2 rings (SSSR count). The summed E-state index contributed by atoms with van der Waals surface area (Å²) >= 11 is 5.80. The van der Waals surface area contributed by atoms with Crippen LogP contribution in [0.2, 0.25) is 5.15 Å². The number of anilines is 2. The standard InChI is InChI=1S/C18H25ClN8O3.ClH/c1-2-3-6-18(7-4-10(5-8-18)30-9-11(20)28)27-17(23)26-16(29)12-14(21)25-15(22)13(19)24-12;/h4-5,7H,2-3,6,8-9H2,1H3,(H2,20,28)(H4,21,22,25)(H3,23,26,27,29);1H. The Balaban J connectivity index is 0.00000480. The zero-order chi connectivity index (χ0) is 22.3. The molecule has 2 amide bonds. The van der Waals surface area contributed by atoms with E-state index in [9.17, 15) is 9.59 Å². The molecule has 1 aliphatic carbocycles. The zero-order valence-corrected chi connectivity index (χ0v) is 18.5. The number of carbonyl (C=O) groups excluding carboxylic acids is 2. The van der Waals surface area contributed by atoms with Gasteiger partial charge in [-0.25, -0.2) is 9.97 Å². The smallest absolute Gasteiger partial charge is 0.302 e. The first-order chi connectivity index (χ1) is 14.2. The maximum absolute atomic E-state index is 12.4. The number of hydrogen-bond acceptors (Lipinski definition) is 7. The van der Waals surface area contributed by atoms with Crippen LogP contribution in [0.4, 0.5) is 11.6 Å². The Hall–Kier alpha value is -3.05. The van der Waals surface area contributed by atoms with Gasteiger partial charge in [-0.15, -0.1) is 12.4 Å². The van der Waals surface area contributed by atoms with Crippen LogP contribution in [0, 0.1) is 0 Å². The van der Waals surface area contributed by atoms with Crippen molar-refractivity contribution in [2.75, 3.05) is 18.1 Å². The lowest BCUT2D eigenvalue weighted by Gasteiger charge is -2.33. The van der Waals surface area contributed by atoms with E-state index in [4.69, 9.17) is 39.3 Å². The number of nitrogen functional groups attached to an aromatic ring is 2. The summed E-state index contributed by atoms with van der Waals surface area (Å²) in [6, 6.07) is 0. The Morgan fingerprint density at radius 3 is 2.58 bits per heavy atom. The lowest BCUT2D eigenvalue weighted by Crippen LogP contribution is -2.50. The SMILES string of the molecule is CCCCC1(NC(N)=NC(=O)c2nc(Cl)c(N)nc2N)C=CC(OCC(N)=O)=CC1.Cl. The second kappa shape index (κ2) is 11.4. The number of guanidine groups is 1. The van der Waals surface area contributed by atoms with Crippen LogP contribution in [0.3, 0.4) is 0 Å². The number of amides is 2. The Labute approximate surface area is 190 Å². The predicted molar refractivity (Wildman–Crippen MR) is 121 cm³/mol. The number of hydrogen-bond donors (Lipinski definition) is 5. The number of aromatic nitrogens is 2.